The Kier molecular flexibility index (Phi) is 3.92. The maximum Gasteiger partial charge on any atom is 0.225 e. The van der Waals surface area contributed by atoms with Crippen LogP contribution in [0.1, 0.15) is 24.9 Å². The molecule has 2 aliphatic heterocycles. The maximum absolute atomic E-state index is 12.3. The van der Waals surface area contributed by atoms with Gasteiger partial charge in [0.2, 0.25) is 11.8 Å². The molecule has 1 aromatic rings. The van der Waals surface area contributed by atoms with E-state index in [0.29, 0.717) is 25.5 Å². The van der Waals surface area contributed by atoms with Crippen LogP contribution in [0.2, 0.25) is 0 Å². The van der Waals surface area contributed by atoms with Crippen LogP contribution in [0, 0.1) is 5.92 Å². The summed E-state index contributed by atoms with van der Waals surface area (Å²) in [6, 6.07) is 5.53. The maximum atomic E-state index is 12.3. The van der Waals surface area contributed by atoms with E-state index in [4.69, 9.17) is 9.47 Å². The van der Waals surface area contributed by atoms with Crippen molar-refractivity contribution in [3.05, 3.63) is 23.8 Å². The number of benzene rings is 1. The molecule has 2 amide bonds. The van der Waals surface area contributed by atoms with E-state index in [9.17, 15) is 9.59 Å². The van der Waals surface area contributed by atoms with Crippen LogP contribution in [0.15, 0.2) is 18.2 Å². The summed E-state index contributed by atoms with van der Waals surface area (Å²) < 4.78 is 11.0. The van der Waals surface area contributed by atoms with Gasteiger partial charge in [0.05, 0.1) is 12.0 Å². The van der Waals surface area contributed by atoms with Crippen molar-refractivity contribution in [2.24, 2.45) is 5.92 Å². The molecule has 1 N–H and O–H groups in total. The van der Waals surface area contributed by atoms with Crippen LogP contribution >= 0.6 is 0 Å². The third kappa shape index (κ3) is 2.86. The molecule has 0 radical (unpaired) electrons. The molecule has 1 aromatic carbocycles. The molecule has 22 heavy (non-hydrogen) atoms. The molecular formula is C16H20N2O4. The molecule has 2 aliphatic rings. The third-order valence-corrected chi connectivity index (χ3v) is 4.14. The summed E-state index contributed by atoms with van der Waals surface area (Å²) in [4.78, 5) is 25.4. The van der Waals surface area contributed by atoms with Crippen LogP contribution in [-0.4, -0.2) is 43.5 Å². The number of carbonyl (C=O) groups is 2. The first-order chi connectivity index (χ1) is 10.5. The largest absolute Gasteiger partial charge is 0.486 e. The first-order valence-corrected chi connectivity index (χ1v) is 7.48. The number of nitrogens with zero attached hydrogens (tertiary/aromatic N) is 1. The lowest BCUT2D eigenvalue weighted by molar-refractivity contribution is -0.128. The van der Waals surface area contributed by atoms with Gasteiger partial charge in [-0.15, -0.1) is 0 Å². The average Bonchev–Trinajstić information content (AvgIpc) is 2.86. The zero-order valence-corrected chi connectivity index (χ0v) is 12.8. The number of hydrogen-bond donors (Lipinski definition) is 1. The van der Waals surface area contributed by atoms with Crippen molar-refractivity contribution in [2.45, 2.75) is 19.4 Å². The summed E-state index contributed by atoms with van der Waals surface area (Å²) in [6.45, 7) is 3.50. The van der Waals surface area contributed by atoms with Crippen LogP contribution in [0.5, 0.6) is 11.5 Å². The lowest BCUT2D eigenvalue weighted by Crippen LogP contribution is -2.34. The number of ether oxygens (including phenoxy) is 2. The van der Waals surface area contributed by atoms with E-state index in [1.54, 1.807) is 11.9 Å². The number of amides is 2. The molecule has 1 fully saturated rings. The molecule has 6 nitrogen and oxygen atoms in total. The van der Waals surface area contributed by atoms with Gasteiger partial charge in [-0.2, -0.15) is 0 Å². The Hall–Kier alpha value is -2.24. The van der Waals surface area contributed by atoms with Gasteiger partial charge in [0.1, 0.15) is 13.2 Å². The molecule has 2 unspecified atom stereocenters. The predicted molar refractivity (Wildman–Crippen MR) is 79.7 cm³/mol. The topological polar surface area (TPSA) is 67.9 Å². The fourth-order valence-electron chi connectivity index (χ4n) is 2.78. The quantitative estimate of drug-likeness (QED) is 0.908. The Morgan fingerprint density at radius 1 is 1.32 bits per heavy atom. The van der Waals surface area contributed by atoms with Crippen molar-refractivity contribution in [1.82, 2.24) is 10.2 Å². The highest BCUT2D eigenvalue weighted by molar-refractivity contribution is 5.89. The molecule has 0 saturated carbocycles. The standard InChI is InChI=1S/C16H20N2O4/c1-10(17-16(20)12-8-15(19)18(2)9-12)11-3-4-13-14(7-11)22-6-5-21-13/h3-4,7,10,12H,5-6,8-9H2,1-2H3,(H,17,20). The van der Waals surface area contributed by atoms with Gasteiger partial charge in [-0.3, -0.25) is 9.59 Å². The first-order valence-electron chi connectivity index (χ1n) is 7.48. The van der Waals surface area contributed by atoms with Crippen LogP contribution < -0.4 is 14.8 Å². The molecule has 0 aromatic heterocycles. The zero-order valence-electron chi connectivity index (χ0n) is 12.8. The summed E-state index contributed by atoms with van der Waals surface area (Å²) in [5.74, 6) is 1.11. The van der Waals surface area contributed by atoms with Gasteiger partial charge >= 0.3 is 0 Å². The fourth-order valence-corrected chi connectivity index (χ4v) is 2.78. The lowest BCUT2D eigenvalue weighted by Gasteiger charge is -2.21. The van der Waals surface area contributed by atoms with Crippen LogP contribution in [0.3, 0.4) is 0 Å². The highest BCUT2D eigenvalue weighted by atomic mass is 16.6. The fraction of sp³-hybridized carbons (Fsp3) is 0.500. The highest BCUT2D eigenvalue weighted by Gasteiger charge is 2.32. The smallest absolute Gasteiger partial charge is 0.225 e. The average molecular weight is 304 g/mol. The number of carbonyl (C=O) groups excluding carboxylic acids is 2. The number of rotatable bonds is 3. The van der Waals surface area contributed by atoms with E-state index < -0.39 is 0 Å². The first kappa shape index (κ1) is 14.7. The molecule has 2 heterocycles. The minimum Gasteiger partial charge on any atom is -0.486 e. The van der Waals surface area contributed by atoms with Crippen molar-refractivity contribution in [3.8, 4) is 11.5 Å². The minimum atomic E-state index is -0.267. The van der Waals surface area contributed by atoms with E-state index >= 15 is 0 Å². The number of nitrogens with one attached hydrogen (secondary N) is 1. The summed E-state index contributed by atoms with van der Waals surface area (Å²) in [5, 5.41) is 2.97. The van der Waals surface area contributed by atoms with Gasteiger partial charge in [-0.25, -0.2) is 0 Å². The van der Waals surface area contributed by atoms with Gasteiger partial charge in [0.25, 0.3) is 0 Å². The normalized spacial score (nSPS) is 21.6. The van der Waals surface area contributed by atoms with E-state index in [1.165, 1.54) is 0 Å². The summed E-state index contributed by atoms with van der Waals surface area (Å²) in [5.41, 5.74) is 0.954. The van der Waals surface area contributed by atoms with Crippen LogP contribution in [0.4, 0.5) is 0 Å². The molecule has 0 bridgehead atoms. The van der Waals surface area contributed by atoms with Gasteiger partial charge in [0, 0.05) is 20.0 Å². The Labute approximate surface area is 129 Å². The molecule has 118 valence electrons. The Balaban J connectivity index is 1.65. The number of fused-ring (bicyclic) bond motifs is 1. The molecule has 2 atom stereocenters. The highest BCUT2D eigenvalue weighted by Crippen LogP contribution is 2.32. The Morgan fingerprint density at radius 2 is 2.05 bits per heavy atom. The van der Waals surface area contributed by atoms with Crippen molar-refractivity contribution < 1.29 is 19.1 Å². The summed E-state index contributed by atoms with van der Waals surface area (Å²) in [6.07, 6.45) is 0.288. The van der Waals surface area contributed by atoms with E-state index in [0.717, 1.165) is 11.3 Å². The van der Waals surface area contributed by atoms with Crippen molar-refractivity contribution >= 4 is 11.8 Å². The van der Waals surface area contributed by atoms with Crippen molar-refractivity contribution in [2.75, 3.05) is 26.8 Å². The molecule has 3 rings (SSSR count). The van der Waals surface area contributed by atoms with Gasteiger partial charge < -0.3 is 19.7 Å². The van der Waals surface area contributed by atoms with E-state index in [2.05, 4.69) is 5.32 Å². The predicted octanol–water partition coefficient (Wildman–Crippen LogP) is 1.11. The van der Waals surface area contributed by atoms with E-state index in [-0.39, 0.29) is 30.2 Å². The molecule has 6 heteroatoms. The monoisotopic (exact) mass is 304 g/mol. The minimum absolute atomic E-state index is 0.0205. The molecule has 1 saturated heterocycles. The second kappa shape index (κ2) is 5.87. The SMILES string of the molecule is CC(NC(=O)C1CC(=O)N(C)C1)c1ccc2c(c1)OCCO2. The third-order valence-electron chi connectivity index (χ3n) is 4.14. The van der Waals surface area contributed by atoms with Crippen molar-refractivity contribution in [1.29, 1.82) is 0 Å². The van der Waals surface area contributed by atoms with Gasteiger partial charge in [0.15, 0.2) is 11.5 Å². The van der Waals surface area contributed by atoms with Gasteiger partial charge in [-0.05, 0) is 24.6 Å². The molecular weight excluding hydrogens is 284 g/mol. The lowest BCUT2D eigenvalue weighted by atomic mass is 10.0. The zero-order chi connectivity index (χ0) is 15.7. The number of hydrogen-bond acceptors (Lipinski definition) is 4. The Bertz CT molecular complexity index is 602. The Morgan fingerprint density at radius 3 is 2.73 bits per heavy atom. The summed E-state index contributed by atoms with van der Waals surface area (Å²) in [7, 11) is 1.72. The van der Waals surface area contributed by atoms with Crippen LogP contribution in [0.25, 0.3) is 0 Å². The molecule has 0 aliphatic carbocycles. The molecule has 0 spiro atoms. The van der Waals surface area contributed by atoms with Gasteiger partial charge in [-0.1, -0.05) is 6.07 Å². The van der Waals surface area contributed by atoms with Crippen LogP contribution in [-0.2, 0) is 9.59 Å². The van der Waals surface area contributed by atoms with E-state index in [1.807, 2.05) is 25.1 Å². The number of likely N-dealkylation sites (tertiary alicyclic amines) is 1. The summed E-state index contributed by atoms with van der Waals surface area (Å²) >= 11 is 0. The van der Waals surface area contributed by atoms with Crippen molar-refractivity contribution in [3.63, 3.8) is 0 Å². The second-order valence-electron chi connectivity index (χ2n) is 5.81. The second-order valence-corrected chi connectivity index (χ2v) is 5.81.